The van der Waals surface area contributed by atoms with E-state index in [1.54, 1.807) is 30.8 Å². The molecule has 1 saturated heterocycles. The van der Waals surface area contributed by atoms with Crippen molar-refractivity contribution in [3.63, 3.8) is 0 Å². The Balaban J connectivity index is 1.84. The molecule has 3 rings (SSSR count). The number of thiocarbonyl (C=S) groups is 1. The topological polar surface area (TPSA) is 61.4 Å². The summed E-state index contributed by atoms with van der Waals surface area (Å²) in [5, 5.41) is 2.43. The van der Waals surface area contributed by atoms with Crippen LogP contribution >= 0.6 is 24.0 Å². The number of carbonyl (C=O) groups excluding carboxylic acids is 1. The first-order valence-electron chi connectivity index (χ1n) is 9.57. The molecule has 1 amide bonds. The molecule has 6 nitrogen and oxygen atoms in total. The highest BCUT2D eigenvalue weighted by Crippen LogP contribution is 2.25. The molecule has 1 fully saturated rings. The van der Waals surface area contributed by atoms with Gasteiger partial charge in [0.2, 0.25) is 0 Å². The van der Waals surface area contributed by atoms with Crippen LogP contribution in [-0.4, -0.2) is 65.7 Å². The van der Waals surface area contributed by atoms with Crippen molar-refractivity contribution >= 4 is 47.3 Å². The lowest BCUT2D eigenvalue weighted by atomic mass is 10.1. The Hall–Kier alpha value is -2.36. The number of nitrogens with zero attached hydrogens (tertiary/aromatic N) is 4. The van der Waals surface area contributed by atoms with Gasteiger partial charge in [-0.2, -0.15) is 0 Å². The molecule has 0 saturated carbocycles. The number of amides is 1. The van der Waals surface area contributed by atoms with Crippen LogP contribution < -0.4 is 10.2 Å². The molecule has 0 aliphatic carbocycles. The number of carbonyl (C=O) groups is 1. The van der Waals surface area contributed by atoms with Gasteiger partial charge in [0, 0.05) is 30.8 Å². The molecular formula is C21H24FN5OS2. The molecule has 1 aliphatic rings. The van der Waals surface area contributed by atoms with Crippen LogP contribution in [0, 0.1) is 5.82 Å². The van der Waals surface area contributed by atoms with Gasteiger partial charge in [-0.15, -0.1) is 11.8 Å². The van der Waals surface area contributed by atoms with E-state index >= 15 is 0 Å². The van der Waals surface area contributed by atoms with Gasteiger partial charge in [-0.3, -0.25) is 9.78 Å². The average Bonchev–Trinajstić information content (AvgIpc) is 2.97. The molecule has 2 aromatic rings. The summed E-state index contributed by atoms with van der Waals surface area (Å²) in [6.45, 7) is 3.83. The normalized spacial score (nSPS) is 15.6. The molecule has 158 valence electrons. The first kappa shape index (κ1) is 22.3. The Morgan fingerprint density at radius 2 is 2.10 bits per heavy atom. The summed E-state index contributed by atoms with van der Waals surface area (Å²) in [7, 11) is 2.12. The fourth-order valence-corrected chi connectivity index (χ4v) is 3.81. The van der Waals surface area contributed by atoms with Crippen molar-refractivity contribution in [2.45, 2.75) is 6.42 Å². The average molecular weight is 446 g/mol. The highest BCUT2D eigenvalue weighted by atomic mass is 32.2. The number of aromatic nitrogens is 2. The van der Waals surface area contributed by atoms with Gasteiger partial charge in [-0.1, -0.05) is 24.4 Å². The predicted molar refractivity (Wildman–Crippen MR) is 125 cm³/mol. The highest BCUT2D eigenvalue weighted by molar-refractivity contribution is 8.03. The summed E-state index contributed by atoms with van der Waals surface area (Å²) >= 11 is 5.87. The number of halogens is 1. The minimum atomic E-state index is -0.433. The third kappa shape index (κ3) is 5.62. The van der Waals surface area contributed by atoms with Gasteiger partial charge in [0.05, 0.1) is 28.5 Å². The molecule has 9 heteroatoms. The summed E-state index contributed by atoms with van der Waals surface area (Å²) in [6, 6.07) is 4.85. The van der Waals surface area contributed by atoms with Crippen molar-refractivity contribution in [2.24, 2.45) is 0 Å². The van der Waals surface area contributed by atoms with Crippen LogP contribution in [0.2, 0.25) is 0 Å². The largest absolute Gasteiger partial charge is 0.354 e. The number of hydrogen-bond acceptors (Lipinski definition) is 7. The van der Waals surface area contributed by atoms with Crippen LogP contribution in [0.5, 0.6) is 0 Å². The van der Waals surface area contributed by atoms with E-state index in [2.05, 4.69) is 39.4 Å². The van der Waals surface area contributed by atoms with E-state index in [4.69, 9.17) is 4.98 Å². The molecule has 0 radical (unpaired) electrons. The molecule has 0 spiro atoms. The Morgan fingerprint density at radius 3 is 2.83 bits per heavy atom. The van der Waals surface area contributed by atoms with Gasteiger partial charge in [0.15, 0.2) is 0 Å². The zero-order chi connectivity index (χ0) is 21.5. The molecule has 1 N–H and O–H groups in total. The molecule has 0 unspecified atom stereocenters. The Bertz CT molecular complexity index is 953. The first-order valence-corrected chi connectivity index (χ1v) is 11.3. The number of likely N-dealkylation sites (N-methyl/N-ethyl adjacent to an activating group) is 1. The lowest BCUT2D eigenvalue weighted by molar-refractivity contribution is -0.115. The number of thioether (sulfide) groups is 1. The van der Waals surface area contributed by atoms with Gasteiger partial charge in [-0.25, -0.2) is 9.37 Å². The second kappa shape index (κ2) is 10.6. The Kier molecular flexibility index (Phi) is 7.89. The predicted octanol–water partition coefficient (Wildman–Crippen LogP) is 3.20. The number of hydrogen-bond donors (Lipinski definition) is 1. The van der Waals surface area contributed by atoms with E-state index in [-0.39, 0.29) is 5.91 Å². The van der Waals surface area contributed by atoms with Crippen LogP contribution in [0.4, 0.5) is 10.2 Å². The smallest absolute Gasteiger partial charge is 0.262 e. The molecule has 2 heterocycles. The lowest BCUT2D eigenvalue weighted by Crippen LogP contribution is -2.29. The number of nitrogens with one attached hydrogen (secondary N) is 1. The minimum absolute atomic E-state index is 0.322. The van der Waals surface area contributed by atoms with Gasteiger partial charge in [0.25, 0.3) is 5.91 Å². The first-order chi connectivity index (χ1) is 14.5. The summed E-state index contributed by atoms with van der Waals surface area (Å²) < 4.78 is 14.8. The quantitative estimate of drug-likeness (QED) is 0.541. The SMILES string of the molecule is CS/C(=C\c1ccc(-c2cncc(N3CCCN(C)CC3)n2)cc1F)C(=O)NC=S. The molecule has 1 aromatic heterocycles. The van der Waals surface area contributed by atoms with Gasteiger partial charge in [-0.05, 0) is 38.4 Å². The molecule has 30 heavy (non-hydrogen) atoms. The Morgan fingerprint density at radius 1 is 1.27 bits per heavy atom. The van der Waals surface area contributed by atoms with E-state index in [1.807, 2.05) is 0 Å². The number of rotatable bonds is 6. The van der Waals surface area contributed by atoms with Crippen molar-refractivity contribution in [1.82, 2.24) is 20.2 Å². The second-order valence-corrected chi connectivity index (χ2v) is 8.03. The van der Waals surface area contributed by atoms with Crippen molar-refractivity contribution in [3.05, 3.63) is 46.9 Å². The van der Waals surface area contributed by atoms with E-state index < -0.39 is 5.82 Å². The maximum absolute atomic E-state index is 14.8. The monoisotopic (exact) mass is 445 g/mol. The maximum Gasteiger partial charge on any atom is 0.262 e. The van der Waals surface area contributed by atoms with Gasteiger partial charge < -0.3 is 15.1 Å². The second-order valence-electron chi connectivity index (χ2n) is 6.95. The van der Waals surface area contributed by atoms with E-state index in [0.29, 0.717) is 21.7 Å². The fraction of sp³-hybridized carbons (Fsp3) is 0.333. The van der Waals surface area contributed by atoms with Crippen LogP contribution in [-0.2, 0) is 4.79 Å². The van der Waals surface area contributed by atoms with E-state index in [1.165, 1.54) is 23.9 Å². The molecular weight excluding hydrogens is 421 g/mol. The standard InChI is InChI=1S/C21H24FN5OS2/c1-26-6-3-7-27(9-8-26)20-13-23-12-18(25-20)16-5-4-15(17(22)10-16)11-19(30-2)21(28)24-14-29/h4-5,10-14H,3,6-9H2,1-2H3,(H,24,28,29)/b19-11-. The lowest BCUT2D eigenvalue weighted by Gasteiger charge is -2.21. The molecule has 0 bridgehead atoms. The summed E-state index contributed by atoms with van der Waals surface area (Å²) in [5.74, 6) is 0.00845. The van der Waals surface area contributed by atoms with Crippen molar-refractivity contribution in [1.29, 1.82) is 0 Å². The van der Waals surface area contributed by atoms with Crippen LogP contribution in [0.1, 0.15) is 12.0 Å². The van der Waals surface area contributed by atoms with Crippen LogP contribution in [0.3, 0.4) is 0 Å². The van der Waals surface area contributed by atoms with E-state index in [9.17, 15) is 9.18 Å². The fourth-order valence-electron chi connectivity index (χ4n) is 3.21. The number of benzene rings is 1. The third-order valence-electron chi connectivity index (χ3n) is 4.88. The van der Waals surface area contributed by atoms with Gasteiger partial charge in [0.1, 0.15) is 11.6 Å². The highest BCUT2D eigenvalue weighted by Gasteiger charge is 2.15. The van der Waals surface area contributed by atoms with Crippen LogP contribution in [0.25, 0.3) is 17.3 Å². The zero-order valence-electron chi connectivity index (χ0n) is 17.0. The van der Waals surface area contributed by atoms with Crippen molar-refractivity contribution < 1.29 is 9.18 Å². The molecule has 0 atom stereocenters. The molecule has 1 aliphatic heterocycles. The number of anilines is 1. The Labute approximate surface area is 185 Å². The van der Waals surface area contributed by atoms with Gasteiger partial charge >= 0.3 is 0 Å². The summed E-state index contributed by atoms with van der Waals surface area (Å²) in [5.41, 5.74) is 2.71. The van der Waals surface area contributed by atoms with Crippen LogP contribution in [0.15, 0.2) is 35.5 Å². The third-order valence-corrected chi connectivity index (χ3v) is 5.74. The van der Waals surface area contributed by atoms with E-state index in [0.717, 1.165) is 43.9 Å². The van der Waals surface area contributed by atoms with Crippen molar-refractivity contribution in [2.75, 3.05) is 44.4 Å². The van der Waals surface area contributed by atoms with Crippen molar-refractivity contribution in [3.8, 4) is 11.3 Å². The summed E-state index contributed by atoms with van der Waals surface area (Å²) in [4.78, 5) is 25.9. The zero-order valence-corrected chi connectivity index (χ0v) is 18.6. The summed E-state index contributed by atoms with van der Waals surface area (Å²) in [6.07, 6.45) is 7.71. The minimum Gasteiger partial charge on any atom is -0.354 e. The maximum atomic E-state index is 14.8. The molecule has 1 aromatic carbocycles.